The van der Waals surface area contributed by atoms with Crippen LogP contribution in [0.15, 0.2) is 36.4 Å². The summed E-state index contributed by atoms with van der Waals surface area (Å²) in [5.74, 6) is 1.53. The Kier molecular flexibility index (Phi) is 7.53. The third-order valence-corrected chi connectivity index (χ3v) is 12.5. The third kappa shape index (κ3) is 4.71. The zero-order chi connectivity index (χ0) is 22.9. The summed E-state index contributed by atoms with van der Waals surface area (Å²) in [6.45, 7) is 21.1. The van der Waals surface area contributed by atoms with E-state index in [1.165, 1.54) is 46.7 Å². The second-order valence-corrected chi connectivity index (χ2v) is 15.1. The molecule has 0 saturated carbocycles. The molecule has 0 N–H and O–H groups in total. The molecule has 0 aliphatic carbocycles. The number of hydrogen-bond acceptors (Lipinski definition) is 1. The zero-order valence-corrected chi connectivity index (χ0v) is 22.4. The largest absolute Gasteiger partial charge is 0.405 e. The van der Waals surface area contributed by atoms with E-state index in [9.17, 15) is 0 Å². The lowest BCUT2D eigenvalue weighted by molar-refractivity contribution is 0.207. The predicted molar refractivity (Wildman–Crippen MR) is 138 cm³/mol. The highest BCUT2D eigenvalue weighted by Gasteiger charge is 2.45. The molecule has 31 heavy (non-hydrogen) atoms. The van der Waals surface area contributed by atoms with E-state index in [1.54, 1.807) is 5.19 Å². The summed E-state index contributed by atoms with van der Waals surface area (Å²) < 4.78 is 7.37. The maximum Gasteiger partial charge on any atom is 0.227 e. The normalized spacial score (nSPS) is 20.0. The molecule has 0 fully saturated rings. The summed E-state index contributed by atoms with van der Waals surface area (Å²) in [6.07, 6.45) is 2.58. The predicted octanol–water partition coefficient (Wildman–Crippen LogP) is 8.34. The molecule has 0 amide bonds. The van der Waals surface area contributed by atoms with Crippen LogP contribution in [0.25, 0.3) is 0 Å². The highest BCUT2D eigenvalue weighted by molar-refractivity contribution is 6.88. The first-order chi connectivity index (χ1) is 14.6. The fraction of sp³-hybridized carbons (Fsp3) is 0.586. The molecule has 1 heterocycles. The summed E-state index contributed by atoms with van der Waals surface area (Å²) in [5, 5.41) is 1.55. The Morgan fingerprint density at radius 2 is 1.35 bits per heavy atom. The highest BCUT2D eigenvalue weighted by Crippen LogP contribution is 2.41. The van der Waals surface area contributed by atoms with E-state index in [0.717, 1.165) is 0 Å². The van der Waals surface area contributed by atoms with E-state index >= 15 is 0 Å². The van der Waals surface area contributed by atoms with Crippen LogP contribution in [0.2, 0.25) is 11.6 Å². The van der Waals surface area contributed by atoms with Crippen LogP contribution in [0.1, 0.15) is 120 Å². The summed E-state index contributed by atoms with van der Waals surface area (Å²) in [4.78, 5) is 0. The topological polar surface area (TPSA) is 9.23 Å². The SMILES string of the molecule is CC(C)c1cc(C(C)C)c([C@@H](C)O[Si@@]2(C(C)C)CCCc3ccccc32)c(C(C)C)c1. The molecule has 2 atom stereocenters. The van der Waals surface area contributed by atoms with Gasteiger partial charge in [-0.3, -0.25) is 0 Å². The van der Waals surface area contributed by atoms with E-state index in [4.69, 9.17) is 4.43 Å². The molecule has 2 aromatic rings. The van der Waals surface area contributed by atoms with Crippen LogP contribution in [0.4, 0.5) is 0 Å². The standard InChI is InChI=1S/C29H44OSi/c1-19(2)25-17-26(20(3)4)29(27(18-25)21(5)6)23(9)30-31(22(7)8)16-12-14-24-13-10-11-15-28(24)31/h10-11,13,15,17-23H,12,14,16H2,1-9H3/t23-,31-/m1/s1. The average molecular weight is 437 g/mol. The van der Waals surface area contributed by atoms with Crippen molar-refractivity contribution < 1.29 is 4.43 Å². The first kappa shape index (κ1) is 24.3. The van der Waals surface area contributed by atoms with Crippen molar-refractivity contribution in [3.8, 4) is 0 Å². The van der Waals surface area contributed by atoms with Gasteiger partial charge in [-0.1, -0.05) is 91.8 Å². The van der Waals surface area contributed by atoms with Gasteiger partial charge in [0.1, 0.15) is 0 Å². The third-order valence-electron chi connectivity index (χ3n) is 7.37. The number of benzene rings is 2. The molecule has 2 aromatic carbocycles. The molecule has 0 saturated heterocycles. The highest BCUT2D eigenvalue weighted by atomic mass is 28.4. The first-order valence-corrected chi connectivity index (χ1v) is 14.7. The maximum absolute atomic E-state index is 7.37. The van der Waals surface area contributed by atoms with E-state index in [2.05, 4.69) is 98.7 Å². The van der Waals surface area contributed by atoms with Crippen molar-refractivity contribution in [3.63, 3.8) is 0 Å². The second kappa shape index (κ2) is 9.63. The van der Waals surface area contributed by atoms with Crippen molar-refractivity contribution in [1.29, 1.82) is 0 Å². The molecule has 1 nitrogen and oxygen atoms in total. The van der Waals surface area contributed by atoms with Crippen LogP contribution < -0.4 is 5.19 Å². The minimum atomic E-state index is -2.08. The number of aryl methyl sites for hydroxylation is 1. The van der Waals surface area contributed by atoms with Crippen LogP contribution in [-0.4, -0.2) is 8.32 Å². The Hall–Kier alpha value is -1.38. The van der Waals surface area contributed by atoms with Crippen molar-refractivity contribution in [1.82, 2.24) is 0 Å². The van der Waals surface area contributed by atoms with Crippen LogP contribution >= 0.6 is 0 Å². The van der Waals surface area contributed by atoms with Crippen molar-refractivity contribution >= 4 is 13.5 Å². The van der Waals surface area contributed by atoms with Gasteiger partial charge in [0.15, 0.2) is 0 Å². The van der Waals surface area contributed by atoms with Gasteiger partial charge < -0.3 is 4.43 Å². The maximum atomic E-state index is 7.37. The Labute approximate surface area is 192 Å². The Morgan fingerprint density at radius 3 is 1.87 bits per heavy atom. The lowest BCUT2D eigenvalue weighted by atomic mass is 9.83. The van der Waals surface area contributed by atoms with Gasteiger partial charge in [0, 0.05) is 0 Å². The van der Waals surface area contributed by atoms with Gasteiger partial charge in [-0.25, -0.2) is 0 Å². The van der Waals surface area contributed by atoms with E-state index < -0.39 is 8.32 Å². The van der Waals surface area contributed by atoms with Crippen molar-refractivity contribution in [3.05, 3.63) is 64.2 Å². The van der Waals surface area contributed by atoms with Gasteiger partial charge in [-0.2, -0.15) is 0 Å². The van der Waals surface area contributed by atoms with Crippen LogP contribution in [0.3, 0.4) is 0 Å². The Bertz CT molecular complexity index is 866. The Morgan fingerprint density at radius 1 is 0.774 bits per heavy atom. The number of rotatable bonds is 7. The molecule has 0 aromatic heterocycles. The second-order valence-electron chi connectivity index (χ2n) is 10.9. The van der Waals surface area contributed by atoms with Crippen molar-refractivity contribution in [2.24, 2.45) is 0 Å². The summed E-state index contributed by atoms with van der Waals surface area (Å²) >= 11 is 0. The van der Waals surface area contributed by atoms with Gasteiger partial charge in [0.05, 0.1) is 6.10 Å². The Balaban J connectivity index is 2.13. The molecule has 1 aliphatic heterocycles. The fourth-order valence-corrected chi connectivity index (χ4v) is 10.1. The van der Waals surface area contributed by atoms with Gasteiger partial charge in [0.2, 0.25) is 8.32 Å². The van der Waals surface area contributed by atoms with Gasteiger partial charge in [-0.05, 0) is 82.1 Å². The van der Waals surface area contributed by atoms with Crippen molar-refractivity contribution in [2.45, 2.75) is 111 Å². The van der Waals surface area contributed by atoms with Crippen LogP contribution in [-0.2, 0) is 10.8 Å². The van der Waals surface area contributed by atoms with Gasteiger partial charge >= 0.3 is 0 Å². The van der Waals surface area contributed by atoms with Gasteiger partial charge in [-0.15, -0.1) is 0 Å². The molecular formula is C29H44OSi. The summed E-state index contributed by atoms with van der Waals surface area (Å²) in [5.41, 5.74) is 7.99. The van der Waals surface area contributed by atoms with Crippen LogP contribution in [0.5, 0.6) is 0 Å². The molecule has 0 radical (unpaired) electrons. The number of hydrogen-bond donors (Lipinski definition) is 0. The lowest BCUT2D eigenvalue weighted by Gasteiger charge is -2.43. The minimum Gasteiger partial charge on any atom is -0.405 e. The summed E-state index contributed by atoms with van der Waals surface area (Å²) in [6, 6.07) is 15.3. The molecule has 0 unspecified atom stereocenters. The molecule has 0 bridgehead atoms. The molecular weight excluding hydrogens is 392 g/mol. The molecule has 1 aliphatic rings. The van der Waals surface area contributed by atoms with Crippen molar-refractivity contribution in [2.75, 3.05) is 0 Å². The molecule has 0 spiro atoms. The van der Waals surface area contributed by atoms with E-state index in [-0.39, 0.29) is 6.10 Å². The zero-order valence-electron chi connectivity index (χ0n) is 21.4. The smallest absolute Gasteiger partial charge is 0.227 e. The quantitative estimate of drug-likeness (QED) is 0.396. The minimum absolute atomic E-state index is 0.122. The molecule has 3 rings (SSSR count). The van der Waals surface area contributed by atoms with E-state index in [1.807, 2.05) is 0 Å². The van der Waals surface area contributed by atoms with Crippen LogP contribution in [0, 0.1) is 0 Å². The lowest BCUT2D eigenvalue weighted by Crippen LogP contribution is -2.57. The number of fused-ring (bicyclic) bond motifs is 1. The average Bonchev–Trinajstić information content (AvgIpc) is 2.72. The molecule has 2 heteroatoms. The first-order valence-electron chi connectivity index (χ1n) is 12.5. The monoisotopic (exact) mass is 436 g/mol. The van der Waals surface area contributed by atoms with Gasteiger partial charge in [0.25, 0.3) is 0 Å². The van der Waals surface area contributed by atoms with E-state index in [0.29, 0.717) is 23.3 Å². The fourth-order valence-electron chi connectivity index (χ4n) is 5.54. The molecule has 170 valence electrons. The summed E-state index contributed by atoms with van der Waals surface area (Å²) in [7, 11) is -2.08.